The number of pyridine rings is 1. The van der Waals surface area contributed by atoms with E-state index in [1.54, 1.807) is 0 Å². The molecule has 0 bridgehead atoms. The van der Waals surface area contributed by atoms with Crippen molar-refractivity contribution < 1.29 is 0 Å². The van der Waals surface area contributed by atoms with Crippen molar-refractivity contribution in [3.63, 3.8) is 0 Å². The van der Waals surface area contributed by atoms with Crippen LogP contribution >= 0.6 is 0 Å². The minimum atomic E-state index is 0.0158. The van der Waals surface area contributed by atoms with Gasteiger partial charge >= 0.3 is 0 Å². The Morgan fingerprint density at radius 2 is 2.24 bits per heavy atom. The summed E-state index contributed by atoms with van der Waals surface area (Å²) in [6.07, 6.45) is 5.77. The van der Waals surface area contributed by atoms with Gasteiger partial charge in [-0.15, -0.1) is 0 Å². The molecule has 1 saturated heterocycles. The van der Waals surface area contributed by atoms with Gasteiger partial charge < -0.3 is 10.6 Å². The monoisotopic (exact) mass is 233 g/mol. The third kappa shape index (κ3) is 2.44. The van der Waals surface area contributed by atoms with Crippen LogP contribution in [0, 0.1) is 0 Å². The molecule has 0 saturated carbocycles. The first-order valence-electron chi connectivity index (χ1n) is 6.63. The van der Waals surface area contributed by atoms with Crippen molar-refractivity contribution in [2.45, 2.75) is 58.2 Å². The zero-order valence-electron chi connectivity index (χ0n) is 11.1. The van der Waals surface area contributed by atoms with Crippen LogP contribution in [-0.2, 0) is 0 Å². The van der Waals surface area contributed by atoms with E-state index >= 15 is 0 Å². The molecule has 1 aromatic rings. The largest absolute Gasteiger partial charge is 0.365 e. The third-order valence-corrected chi connectivity index (χ3v) is 3.79. The van der Waals surface area contributed by atoms with Crippen LogP contribution in [0.2, 0.25) is 0 Å². The van der Waals surface area contributed by atoms with Gasteiger partial charge in [-0.1, -0.05) is 6.92 Å². The highest BCUT2D eigenvalue weighted by atomic mass is 15.2. The lowest BCUT2D eigenvalue weighted by atomic mass is 10.1. The third-order valence-electron chi connectivity index (χ3n) is 3.79. The Labute approximate surface area is 104 Å². The molecule has 0 radical (unpaired) electrons. The smallest absolute Gasteiger partial charge is 0.0569 e. The van der Waals surface area contributed by atoms with Gasteiger partial charge in [0.25, 0.3) is 0 Å². The predicted molar refractivity (Wildman–Crippen MR) is 72.1 cm³/mol. The molecule has 1 aliphatic heterocycles. The number of hydrogen-bond donors (Lipinski definition) is 1. The van der Waals surface area contributed by atoms with Crippen LogP contribution in [0.1, 0.15) is 51.8 Å². The van der Waals surface area contributed by atoms with Gasteiger partial charge in [0.2, 0.25) is 0 Å². The molecule has 1 aliphatic rings. The highest BCUT2D eigenvalue weighted by Gasteiger charge is 2.29. The molecule has 3 heteroatoms. The van der Waals surface area contributed by atoms with Crippen LogP contribution in [0.3, 0.4) is 0 Å². The Kier molecular flexibility index (Phi) is 3.67. The van der Waals surface area contributed by atoms with E-state index in [0.29, 0.717) is 12.1 Å². The maximum absolute atomic E-state index is 5.82. The first-order valence-corrected chi connectivity index (χ1v) is 6.63. The lowest BCUT2D eigenvalue weighted by molar-refractivity contribution is 0.626. The van der Waals surface area contributed by atoms with Crippen molar-refractivity contribution in [1.82, 2.24) is 4.98 Å². The number of nitrogens with two attached hydrogens (primary N) is 1. The molecule has 2 rings (SSSR count). The Balaban J connectivity index is 2.21. The molecule has 0 amide bonds. The van der Waals surface area contributed by atoms with Gasteiger partial charge in [0.05, 0.1) is 17.6 Å². The number of nitrogens with zero attached hydrogens (tertiary/aromatic N) is 2. The standard InChI is InChI=1S/C14H23N3/c1-4-12-6-5-10(2)17(12)13-7-8-14(11(3)15)16-9-13/h7-12H,4-6,15H2,1-3H3/t10?,11-,12?/m1/s1. The van der Waals surface area contributed by atoms with E-state index in [2.05, 4.69) is 35.9 Å². The Bertz CT molecular complexity index is 358. The summed E-state index contributed by atoms with van der Waals surface area (Å²) in [5.41, 5.74) is 8.03. The van der Waals surface area contributed by atoms with Crippen LogP contribution < -0.4 is 10.6 Å². The molecule has 3 nitrogen and oxygen atoms in total. The fourth-order valence-electron chi connectivity index (χ4n) is 2.76. The average molecular weight is 233 g/mol. The number of rotatable bonds is 3. The summed E-state index contributed by atoms with van der Waals surface area (Å²) >= 11 is 0. The topological polar surface area (TPSA) is 42.1 Å². The predicted octanol–water partition coefficient (Wildman–Crippen LogP) is 2.87. The summed E-state index contributed by atoms with van der Waals surface area (Å²) < 4.78 is 0. The molecule has 17 heavy (non-hydrogen) atoms. The van der Waals surface area contributed by atoms with Crippen molar-refractivity contribution in [3.05, 3.63) is 24.0 Å². The highest BCUT2D eigenvalue weighted by Crippen LogP contribution is 2.31. The van der Waals surface area contributed by atoms with Gasteiger partial charge in [0.15, 0.2) is 0 Å². The van der Waals surface area contributed by atoms with Crippen molar-refractivity contribution in [2.75, 3.05) is 4.90 Å². The van der Waals surface area contributed by atoms with Crippen molar-refractivity contribution in [1.29, 1.82) is 0 Å². The molecular formula is C14H23N3. The Morgan fingerprint density at radius 3 is 2.76 bits per heavy atom. The van der Waals surface area contributed by atoms with Gasteiger partial charge in [0.1, 0.15) is 0 Å². The van der Waals surface area contributed by atoms with E-state index in [9.17, 15) is 0 Å². The number of hydrogen-bond acceptors (Lipinski definition) is 3. The zero-order chi connectivity index (χ0) is 12.4. The molecule has 2 unspecified atom stereocenters. The molecule has 94 valence electrons. The molecule has 2 N–H and O–H groups in total. The lowest BCUT2D eigenvalue weighted by Gasteiger charge is -2.30. The molecule has 2 heterocycles. The molecular weight excluding hydrogens is 210 g/mol. The maximum atomic E-state index is 5.82. The zero-order valence-corrected chi connectivity index (χ0v) is 11.1. The van der Waals surface area contributed by atoms with Gasteiger partial charge in [0, 0.05) is 18.1 Å². The minimum Gasteiger partial charge on any atom is -0.365 e. The second kappa shape index (κ2) is 5.05. The quantitative estimate of drug-likeness (QED) is 0.873. The van der Waals surface area contributed by atoms with E-state index in [0.717, 1.165) is 5.69 Å². The molecule has 3 atom stereocenters. The van der Waals surface area contributed by atoms with E-state index in [4.69, 9.17) is 5.73 Å². The molecule has 0 spiro atoms. The van der Waals surface area contributed by atoms with Gasteiger partial charge in [-0.2, -0.15) is 0 Å². The fraction of sp³-hybridized carbons (Fsp3) is 0.643. The van der Waals surface area contributed by atoms with Crippen molar-refractivity contribution in [3.8, 4) is 0 Å². The summed E-state index contributed by atoms with van der Waals surface area (Å²) in [6, 6.07) is 5.53. The summed E-state index contributed by atoms with van der Waals surface area (Å²) in [4.78, 5) is 6.97. The molecule has 1 fully saturated rings. The van der Waals surface area contributed by atoms with Gasteiger partial charge in [-0.05, 0) is 45.2 Å². The van der Waals surface area contributed by atoms with Crippen LogP contribution in [0.5, 0.6) is 0 Å². The van der Waals surface area contributed by atoms with E-state index in [-0.39, 0.29) is 6.04 Å². The van der Waals surface area contributed by atoms with Crippen LogP contribution in [0.25, 0.3) is 0 Å². The maximum Gasteiger partial charge on any atom is 0.0569 e. The van der Waals surface area contributed by atoms with E-state index in [1.165, 1.54) is 24.9 Å². The minimum absolute atomic E-state index is 0.0158. The van der Waals surface area contributed by atoms with Crippen molar-refractivity contribution >= 4 is 5.69 Å². The van der Waals surface area contributed by atoms with E-state index < -0.39 is 0 Å². The van der Waals surface area contributed by atoms with Crippen LogP contribution in [0.15, 0.2) is 18.3 Å². The summed E-state index contributed by atoms with van der Waals surface area (Å²) in [7, 11) is 0. The molecule has 0 aromatic carbocycles. The normalized spacial score (nSPS) is 26.2. The number of anilines is 1. The Hall–Kier alpha value is -1.09. The SMILES string of the molecule is CCC1CCC(C)N1c1ccc([C@@H](C)N)nc1. The van der Waals surface area contributed by atoms with E-state index in [1.807, 2.05) is 13.1 Å². The first-order chi connectivity index (χ1) is 8.13. The molecule has 1 aromatic heterocycles. The fourth-order valence-corrected chi connectivity index (χ4v) is 2.76. The highest BCUT2D eigenvalue weighted by molar-refractivity contribution is 5.48. The second-order valence-electron chi connectivity index (χ2n) is 5.13. The summed E-state index contributed by atoms with van der Waals surface area (Å²) in [6.45, 7) is 6.53. The van der Waals surface area contributed by atoms with Crippen LogP contribution in [0.4, 0.5) is 5.69 Å². The first kappa shape index (κ1) is 12.4. The average Bonchev–Trinajstić information content (AvgIpc) is 2.70. The summed E-state index contributed by atoms with van der Waals surface area (Å²) in [5, 5.41) is 0. The second-order valence-corrected chi connectivity index (χ2v) is 5.13. The van der Waals surface area contributed by atoms with Crippen LogP contribution in [-0.4, -0.2) is 17.1 Å². The van der Waals surface area contributed by atoms with Crippen molar-refractivity contribution in [2.24, 2.45) is 5.73 Å². The summed E-state index contributed by atoms with van der Waals surface area (Å²) in [5.74, 6) is 0. The van der Waals surface area contributed by atoms with Gasteiger partial charge in [-0.25, -0.2) is 0 Å². The molecule has 0 aliphatic carbocycles. The lowest BCUT2D eigenvalue weighted by Crippen LogP contribution is -2.34. The Morgan fingerprint density at radius 1 is 1.47 bits per heavy atom. The number of aromatic nitrogens is 1. The van der Waals surface area contributed by atoms with Gasteiger partial charge in [-0.3, -0.25) is 4.98 Å².